The lowest BCUT2D eigenvalue weighted by atomic mass is 9.84. The zero-order valence-corrected chi connectivity index (χ0v) is 17.7. The van der Waals surface area contributed by atoms with Gasteiger partial charge in [-0.15, -0.1) is 0 Å². The molecule has 0 amide bonds. The lowest BCUT2D eigenvalue weighted by Gasteiger charge is -2.22. The summed E-state index contributed by atoms with van der Waals surface area (Å²) in [6.07, 6.45) is 14.1. The molecule has 0 saturated carbocycles. The highest BCUT2D eigenvalue weighted by Gasteiger charge is 2.20. The van der Waals surface area contributed by atoms with Crippen LogP contribution in [-0.2, 0) is 6.42 Å². The van der Waals surface area contributed by atoms with E-state index < -0.39 is 0 Å². The highest BCUT2D eigenvalue weighted by Crippen LogP contribution is 2.38. The summed E-state index contributed by atoms with van der Waals surface area (Å²) >= 11 is 6.46. The average molecular weight is 397 g/mol. The first-order valence-corrected chi connectivity index (χ1v) is 10.9. The van der Waals surface area contributed by atoms with E-state index >= 15 is 4.39 Å². The van der Waals surface area contributed by atoms with Crippen molar-refractivity contribution in [1.29, 1.82) is 0 Å². The fraction of sp³-hybridized carbons (Fsp3) is 0.385. The Morgan fingerprint density at radius 1 is 1.11 bits per heavy atom. The molecule has 0 heterocycles. The minimum Gasteiger partial charge on any atom is -0.205 e. The Kier molecular flexibility index (Phi) is 7.50. The van der Waals surface area contributed by atoms with Gasteiger partial charge in [0.05, 0.1) is 5.02 Å². The molecule has 1 aliphatic carbocycles. The molecule has 2 heteroatoms. The lowest BCUT2D eigenvalue weighted by molar-refractivity contribution is 0.444. The van der Waals surface area contributed by atoms with E-state index in [1.54, 1.807) is 0 Å². The van der Waals surface area contributed by atoms with Gasteiger partial charge in [-0.05, 0) is 61.6 Å². The maximum atomic E-state index is 15.1. The molecule has 2 aromatic rings. The topological polar surface area (TPSA) is 0 Å². The molecule has 0 aromatic heterocycles. The van der Waals surface area contributed by atoms with E-state index in [0.29, 0.717) is 5.56 Å². The molecular weight excluding hydrogens is 367 g/mol. The summed E-state index contributed by atoms with van der Waals surface area (Å²) in [4.78, 5) is 0. The van der Waals surface area contributed by atoms with Gasteiger partial charge in [-0.3, -0.25) is 0 Å². The van der Waals surface area contributed by atoms with Crippen molar-refractivity contribution in [3.05, 3.63) is 76.6 Å². The Morgan fingerprint density at radius 3 is 2.50 bits per heavy atom. The van der Waals surface area contributed by atoms with Crippen LogP contribution < -0.4 is 0 Å². The number of allylic oxidation sites excluding steroid dienone is 4. The zero-order valence-electron chi connectivity index (χ0n) is 17.0. The van der Waals surface area contributed by atoms with Crippen LogP contribution in [0.4, 0.5) is 4.39 Å². The van der Waals surface area contributed by atoms with Gasteiger partial charge in [0.2, 0.25) is 0 Å². The van der Waals surface area contributed by atoms with Crippen LogP contribution in [-0.4, -0.2) is 0 Å². The van der Waals surface area contributed by atoms with Crippen LogP contribution in [0.5, 0.6) is 0 Å². The molecule has 28 heavy (non-hydrogen) atoms. The Morgan fingerprint density at radius 2 is 1.86 bits per heavy atom. The third kappa shape index (κ3) is 4.94. The number of halogens is 2. The van der Waals surface area contributed by atoms with Crippen LogP contribution in [0.15, 0.2) is 54.6 Å². The summed E-state index contributed by atoms with van der Waals surface area (Å²) in [5.41, 5.74) is 4.79. The van der Waals surface area contributed by atoms with Crippen molar-refractivity contribution in [2.45, 2.75) is 58.8 Å². The zero-order chi connectivity index (χ0) is 19.9. The predicted molar refractivity (Wildman–Crippen MR) is 120 cm³/mol. The second-order valence-corrected chi connectivity index (χ2v) is 8.13. The summed E-state index contributed by atoms with van der Waals surface area (Å²) in [7, 11) is 0. The average Bonchev–Trinajstić information content (AvgIpc) is 2.72. The maximum Gasteiger partial charge on any atom is 0.149 e. The van der Waals surface area contributed by atoms with Gasteiger partial charge in [0.25, 0.3) is 0 Å². The summed E-state index contributed by atoms with van der Waals surface area (Å²) < 4.78 is 15.1. The Labute approximate surface area is 174 Å². The van der Waals surface area contributed by atoms with Gasteiger partial charge < -0.3 is 0 Å². The van der Waals surface area contributed by atoms with Crippen molar-refractivity contribution in [3.63, 3.8) is 0 Å². The molecule has 0 bridgehead atoms. The van der Waals surface area contributed by atoms with Crippen molar-refractivity contribution in [2.75, 3.05) is 0 Å². The van der Waals surface area contributed by atoms with Crippen LogP contribution in [0.3, 0.4) is 0 Å². The molecule has 0 aliphatic heterocycles. The van der Waals surface area contributed by atoms with Gasteiger partial charge in [-0.25, -0.2) is 4.39 Å². The first kappa shape index (κ1) is 20.9. The number of rotatable bonds is 7. The van der Waals surface area contributed by atoms with Crippen molar-refractivity contribution in [1.82, 2.24) is 0 Å². The smallest absolute Gasteiger partial charge is 0.149 e. The monoisotopic (exact) mass is 396 g/mol. The molecule has 0 N–H and O–H groups in total. The molecule has 0 saturated heterocycles. The number of aryl methyl sites for hydroxylation is 1. The molecular formula is C26H30ClF. The van der Waals surface area contributed by atoms with Crippen LogP contribution in [0.25, 0.3) is 16.7 Å². The molecule has 148 valence electrons. The van der Waals surface area contributed by atoms with E-state index in [4.69, 9.17) is 11.6 Å². The molecule has 0 fully saturated rings. The van der Waals surface area contributed by atoms with Crippen LogP contribution in [0, 0.1) is 11.7 Å². The third-order valence-electron chi connectivity index (χ3n) is 5.75. The van der Waals surface area contributed by atoms with Gasteiger partial charge >= 0.3 is 0 Å². The molecule has 3 rings (SSSR count). The van der Waals surface area contributed by atoms with Gasteiger partial charge in [-0.1, -0.05) is 86.0 Å². The Bertz CT molecular complexity index is 845. The molecule has 0 nitrogen and oxygen atoms in total. The third-order valence-corrected chi connectivity index (χ3v) is 6.11. The van der Waals surface area contributed by atoms with Crippen molar-refractivity contribution in [3.8, 4) is 11.1 Å². The number of benzene rings is 2. The molecule has 2 aromatic carbocycles. The van der Waals surface area contributed by atoms with Gasteiger partial charge in [0.15, 0.2) is 0 Å². The first-order chi connectivity index (χ1) is 13.6. The number of hydrogen-bond donors (Lipinski definition) is 0. The summed E-state index contributed by atoms with van der Waals surface area (Å²) in [6.45, 7) is 4.27. The Hall–Kier alpha value is -1.86. The van der Waals surface area contributed by atoms with E-state index in [-0.39, 0.29) is 10.8 Å². The highest BCUT2D eigenvalue weighted by atomic mass is 35.5. The van der Waals surface area contributed by atoms with Crippen molar-refractivity contribution < 1.29 is 4.39 Å². The van der Waals surface area contributed by atoms with E-state index in [1.807, 2.05) is 31.2 Å². The quantitative estimate of drug-likeness (QED) is 0.410. The highest BCUT2D eigenvalue weighted by molar-refractivity contribution is 6.33. The minimum absolute atomic E-state index is 0.232. The van der Waals surface area contributed by atoms with Gasteiger partial charge in [0, 0.05) is 11.1 Å². The summed E-state index contributed by atoms with van der Waals surface area (Å²) in [5, 5.41) is 0.232. The van der Waals surface area contributed by atoms with E-state index in [0.717, 1.165) is 54.7 Å². The maximum absolute atomic E-state index is 15.1. The molecule has 1 atom stereocenters. The van der Waals surface area contributed by atoms with Gasteiger partial charge in [-0.2, -0.15) is 0 Å². The SMILES string of the molecule is CC=CCCc1ccc(-c2ccc(C3=CCC(CCC)CC3)c(F)c2Cl)cc1. The van der Waals surface area contributed by atoms with Gasteiger partial charge in [0.1, 0.15) is 5.82 Å². The van der Waals surface area contributed by atoms with Crippen LogP contribution >= 0.6 is 11.6 Å². The van der Waals surface area contributed by atoms with Crippen LogP contribution in [0.2, 0.25) is 5.02 Å². The van der Waals surface area contributed by atoms with Crippen molar-refractivity contribution >= 4 is 17.2 Å². The van der Waals surface area contributed by atoms with Crippen molar-refractivity contribution in [2.24, 2.45) is 5.92 Å². The Balaban J connectivity index is 1.79. The second kappa shape index (κ2) is 10.1. The largest absolute Gasteiger partial charge is 0.205 e. The normalized spacial score (nSPS) is 17.1. The standard InChI is InChI=1S/C26H30ClF/c1-3-5-6-8-20-11-13-21(14-12-20)23-17-18-24(26(28)25(23)27)22-15-9-19(7-4-2)10-16-22/h3,5,11-15,17-19H,4,6-10,16H2,1-2H3. The van der Waals surface area contributed by atoms with E-state index in [2.05, 4.69) is 37.3 Å². The predicted octanol–water partition coefficient (Wildman–Crippen LogP) is 8.64. The van der Waals surface area contributed by atoms with E-state index in [1.165, 1.54) is 18.4 Å². The second-order valence-electron chi connectivity index (χ2n) is 7.75. The fourth-order valence-electron chi connectivity index (χ4n) is 4.09. The fourth-order valence-corrected chi connectivity index (χ4v) is 4.37. The lowest BCUT2D eigenvalue weighted by Crippen LogP contribution is -2.06. The first-order valence-electron chi connectivity index (χ1n) is 10.5. The summed E-state index contributed by atoms with van der Waals surface area (Å²) in [5.74, 6) is 0.467. The summed E-state index contributed by atoms with van der Waals surface area (Å²) in [6, 6.07) is 12.2. The van der Waals surface area contributed by atoms with Crippen LogP contribution in [0.1, 0.15) is 63.5 Å². The minimum atomic E-state index is -0.281. The molecule has 1 aliphatic rings. The number of hydrogen-bond acceptors (Lipinski definition) is 0. The molecule has 0 radical (unpaired) electrons. The molecule has 1 unspecified atom stereocenters. The molecule has 0 spiro atoms. The van der Waals surface area contributed by atoms with E-state index in [9.17, 15) is 0 Å².